The molecule has 0 bridgehead atoms. The van der Waals surface area contributed by atoms with E-state index in [4.69, 9.17) is 11.6 Å². The van der Waals surface area contributed by atoms with Crippen LogP contribution in [0.3, 0.4) is 0 Å². The number of aliphatic hydroxyl groups is 1. The number of hydrogen-bond donors (Lipinski definition) is 1. The topological polar surface area (TPSA) is 26.7 Å². The van der Waals surface area contributed by atoms with Gasteiger partial charge in [-0.2, -0.15) is 0 Å². The van der Waals surface area contributed by atoms with E-state index in [1.807, 2.05) is 30.1 Å². The van der Waals surface area contributed by atoms with Crippen molar-refractivity contribution in [1.82, 2.24) is 4.90 Å². The molecule has 1 fully saturated rings. The zero-order chi connectivity index (χ0) is 17.2. The Hall–Kier alpha value is -1.62. The molecule has 24 heavy (non-hydrogen) atoms. The van der Waals surface area contributed by atoms with E-state index in [0.29, 0.717) is 24.7 Å². The summed E-state index contributed by atoms with van der Waals surface area (Å²) in [7, 11) is 1.93. The molecule has 2 aromatic carbocycles. The van der Waals surface area contributed by atoms with Crippen LogP contribution in [0.2, 0.25) is 5.02 Å². The zero-order valence-corrected chi connectivity index (χ0v) is 14.5. The number of likely N-dealkylation sites (N-methyl/N-ethyl adjacent to an activating group) is 1. The van der Waals surface area contributed by atoms with Gasteiger partial charge in [0.25, 0.3) is 0 Å². The maximum absolute atomic E-state index is 13.4. The van der Waals surface area contributed by atoms with Gasteiger partial charge in [0, 0.05) is 36.9 Å². The third-order valence-corrected chi connectivity index (χ3v) is 4.61. The number of para-hydroxylation sites is 1. The van der Waals surface area contributed by atoms with Crippen LogP contribution in [0.5, 0.6) is 0 Å². The highest BCUT2D eigenvalue weighted by molar-refractivity contribution is 6.30. The molecule has 0 saturated carbocycles. The predicted molar refractivity (Wildman–Crippen MR) is 96.0 cm³/mol. The number of nitrogens with zero attached hydrogens (tertiary/aromatic N) is 2. The van der Waals surface area contributed by atoms with Gasteiger partial charge in [-0.1, -0.05) is 29.8 Å². The van der Waals surface area contributed by atoms with E-state index in [1.165, 1.54) is 12.1 Å². The van der Waals surface area contributed by atoms with E-state index in [2.05, 4.69) is 17.0 Å². The van der Waals surface area contributed by atoms with Crippen molar-refractivity contribution in [3.8, 4) is 0 Å². The molecular weight excluding hydrogens is 327 g/mol. The second kappa shape index (κ2) is 7.09. The van der Waals surface area contributed by atoms with Crippen LogP contribution in [0.25, 0.3) is 0 Å². The first kappa shape index (κ1) is 17.2. The lowest BCUT2D eigenvalue weighted by atomic mass is 10.0. The van der Waals surface area contributed by atoms with Crippen LogP contribution in [0, 0.1) is 5.82 Å². The predicted octanol–water partition coefficient (Wildman–Crippen LogP) is 3.55. The van der Waals surface area contributed by atoms with E-state index in [1.54, 1.807) is 6.07 Å². The highest BCUT2D eigenvalue weighted by Crippen LogP contribution is 2.27. The Kier molecular flexibility index (Phi) is 5.09. The lowest BCUT2D eigenvalue weighted by Gasteiger charge is -2.29. The number of benzene rings is 2. The molecule has 3 nitrogen and oxygen atoms in total. The van der Waals surface area contributed by atoms with E-state index in [-0.39, 0.29) is 5.82 Å². The van der Waals surface area contributed by atoms with Crippen LogP contribution in [0.15, 0.2) is 48.5 Å². The Balaban J connectivity index is 1.61. The van der Waals surface area contributed by atoms with Crippen molar-refractivity contribution in [3.63, 3.8) is 0 Å². The molecule has 0 aromatic heterocycles. The molecule has 0 amide bonds. The van der Waals surface area contributed by atoms with Crippen LogP contribution < -0.4 is 4.90 Å². The van der Waals surface area contributed by atoms with Gasteiger partial charge in [0.1, 0.15) is 5.82 Å². The van der Waals surface area contributed by atoms with Gasteiger partial charge in [-0.25, -0.2) is 4.39 Å². The molecule has 1 atom stereocenters. The van der Waals surface area contributed by atoms with Gasteiger partial charge in [-0.3, -0.25) is 4.90 Å². The molecule has 128 valence electrons. The molecule has 1 aliphatic rings. The first-order valence-corrected chi connectivity index (χ1v) is 8.47. The fourth-order valence-corrected chi connectivity index (χ4v) is 3.66. The highest BCUT2D eigenvalue weighted by atomic mass is 35.5. The first-order valence-electron chi connectivity index (χ1n) is 8.09. The summed E-state index contributed by atoms with van der Waals surface area (Å²) < 4.78 is 13.4. The third kappa shape index (κ3) is 4.26. The molecule has 1 saturated heterocycles. The standard InChI is InChI=1S/C19H22ClFN2O/c1-22(12-15-9-16(20)11-17(21)10-15)13-19(24)7-8-23(14-19)18-5-3-2-4-6-18/h2-6,9-11,24H,7-8,12-14H2,1H3. The maximum atomic E-state index is 13.4. The van der Waals surface area contributed by atoms with E-state index >= 15 is 0 Å². The summed E-state index contributed by atoms with van der Waals surface area (Å²) in [6.07, 6.45) is 0.718. The fraction of sp³-hybridized carbons (Fsp3) is 0.368. The summed E-state index contributed by atoms with van der Waals surface area (Å²) in [5.74, 6) is -0.333. The van der Waals surface area contributed by atoms with Crippen molar-refractivity contribution in [3.05, 3.63) is 64.9 Å². The number of halogens is 2. The summed E-state index contributed by atoms with van der Waals surface area (Å²) in [6.45, 7) is 2.51. The van der Waals surface area contributed by atoms with Crippen molar-refractivity contribution in [2.45, 2.75) is 18.6 Å². The van der Waals surface area contributed by atoms with Crippen molar-refractivity contribution in [2.24, 2.45) is 0 Å². The zero-order valence-electron chi connectivity index (χ0n) is 13.8. The molecule has 1 unspecified atom stereocenters. The molecule has 1 aliphatic heterocycles. The highest BCUT2D eigenvalue weighted by Gasteiger charge is 2.37. The van der Waals surface area contributed by atoms with Gasteiger partial charge in [0.15, 0.2) is 0 Å². The Morgan fingerprint density at radius 1 is 1.25 bits per heavy atom. The normalized spacial score (nSPS) is 20.8. The van der Waals surface area contributed by atoms with Gasteiger partial charge in [0.05, 0.1) is 5.60 Å². The third-order valence-electron chi connectivity index (χ3n) is 4.39. The second-order valence-electron chi connectivity index (χ2n) is 6.68. The molecule has 0 aliphatic carbocycles. The minimum absolute atomic E-state index is 0.333. The monoisotopic (exact) mass is 348 g/mol. The SMILES string of the molecule is CN(Cc1cc(F)cc(Cl)c1)CC1(O)CCN(c2ccccc2)C1. The summed E-state index contributed by atoms with van der Waals surface area (Å²) in [5, 5.41) is 11.3. The molecule has 1 N–H and O–H groups in total. The first-order chi connectivity index (χ1) is 11.4. The van der Waals surface area contributed by atoms with Gasteiger partial charge >= 0.3 is 0 Å². The lowest BCUT2D eigenvalue weighted by molar-refractivity contribution is 0.0279. The molecule has 1 heterocycles. The number of rotatable bonds is 5. The van der Waals surface area contributed by atoms with Crippen molar-refractivity contribution in [2.75, 3.05) is 31.6 Å². The fourth-order valence-electron chi connectivity index (χ4n) is 3.42. The lowest BCUT2D eigenvalue weighted by Crippen LogP contribution is -2.43. The molecule has 5 heteroatoms. The van der Waals surface area contributed by atoms with Crippen molar-refractivity contribution >= 4 is 17.3 Å². The van der Waals surface area contributed by atoms with Crippen molar-refractivity contribution in [1.29, 1.82) is 0 Å². The van der Waals surface area contributed by atoms with Crippen LogP contribution in [0.1, 0.15) is 12.0 Å². The smallest absolute Gasteiger partial charge is 0.125 e. The van der Waals surface area contributed by atoms with Gasteiger partial charge in [-0.15, -0.1) is 0 Å². The Labute approximate surface area is 147 Å². The largest absolute Gasteiger partial charge is 0.387 e. The number of β-amino-alcohol motifs (C(OH)–C–C–N with tert-alkyl or cyclic N) is 1. The Morgan fingerprint density at radius 2 is 2.00 bits per heavy atom. The van der Waals surface area contributed by atoms with Crippen molar-refractivity contribution < 1.29 is 9.50 Å². The molecule has 0 radical (unpaired) electrons. The molecule has 0 spiro atoms. The second-order valence-corrected chi connectivity index (χ2v) is 7.12. The minimum atomic E-state index is -0.762. The summed E-state index contributed by atoms with van der Waals surface area (Å²) in [6, 6.07) is 14.7. The molecule has 3 rings (SSSR count). The van der Waals surface area contributed by atoms with Crippen LogP contribution >= 0.6 is 11.6 Å². The van der Waals surface area contributed by atoms with E-state index in [9.17, 15) is 9.50 Å². The van der Waals surface area contributed by atoms with Crippen LogP contribution in [0.4, 0.5) is 10.1 Å². The molecular formula is C19H22ClFN2O. The van der Waals surface area contributed by atoms with Crippen LogP contribution in [-0.2, 0) is 6.54 Å². The van der Waals surface area contributed by atoms with Gasteiger partial charge < -0.3 is 10.0 Å². The summed E-state index contributed by atoms with van der Waals surface area (Å²) in [4.78, 5) is 4.21. The summed E-state index contributed by atoms with van der Waals surface area (Å²) >= 11 is 5.90. The number of hydrogen-bond acceptors (Lipinski definition) is 3. The Morgan fingerprint density at radius 3 is 2.71 bits per heavy atom. The maximum Gasteiger partial charge on any atom is 0.125 e. The number of anilines is 1. The van der Waals surface area contributed by atoms with Crippen LogP contribution in [-0.4, -0.2) is 42.3 Å². The van der Waals surface area contributed by atoms with Gasteiger partial charge in [-0.05, 0) is 49.4 Å². The summed E-state index contributed by atoms with van der Waals surface area (Å²) in [5.41, 5.74) is 1.18. The quantitative estimate of drug-likeness (QED) is 0.895. The average molecular weight is 349 g/mol. The molecule has 2 aromatic rings. The average Bonchev–Trinajstić information content (AvgIpc) is 2.88. The van der Waals surface area contributed by atoms with Gasteiger partial charge in [0.2, 0.25) is 0 Å². The van der Waals surface area contributed by atoms with E-state index < -0.39 is 5.60 Å². The minimum Gasteiger partial charge on any atom is -0.387 e. The van der Waals surface area contributed by atoms with E-state index in [0.717, 1.165) is 24.2 Å². The Bertz CT molecular complexity index is 677.